The second-order valence-electron chi connectivity index (χ2n) is 6.51. The molecule has 0 N–H and O–H groups in total. The Morgan fingerprint density at radius 1 is 1.24 bits per heavy atom. The quantitative estimate of drug-likeness (QED) is 0.837. The number of hydrogen-bond acceptors (Lipinski definition) is 4. The molecule has 25 heavy (non-hydrogen) atoms. The van der Waals surface area contributed by atoms with E-state index in [4.69, 9.17) is 0 Å². The van der Waals surface area contributed by atoms with Crippen LogP contribution >= 0.6 is 11.3 Å². The van der Waals surface area contributed by atoms with E-state index in [2.05, 4.69) is 10.0 Å². The molecular weight excluding hydrogens is 337 g/mol. The van der Waals surface area contributed by atoms with Crippen molar-refractivity contribution in [3.05, 3.63) is 58.0 Å². The minimum atomic E-state index is -0.283. The van der Waals surface area contributed by atoms with E-state index in [-0.39, 0.29) is 17.8 Å². The normalized spacial score (nSPS) is 20.9. The number of halogens is 1. The van der Waals surface area contributed by atoms with Gasteiger partial charge in [-0.2, -0.15) is 5.10 Å². The van der Waals surface area contributed by atoms with Crippen molar-refractivity contribution in [2.45, 2.75) is 25.3 Å². The van der Waals surface area contributed by atoms with Gasteiger partial charge in [-0.25, -0.2) is 9.40 Å². The Bertz CT molecular complexity index is 784. The van der Waals surface area contributed by atoms with E-state index in [1.165, 1.54) is 12.1 Å². The molecule has 0 radical (unpaired) electrons. The summed E-state index contributed by atoms with van der Waals surface area (Å²) in [5, 5.41) is 8.22. The Kier molecular flexibility index (Phi) is 4.63. The fourth-order valence-electron chi connectivity index (χ4n) is 3.49. The maximum atomic E-state index is 13.6. The summed E-state index contributed by atoms with van der Waals surface area (Å²) in [7, 11) is 0. The van der Waals surface area contributed by atoms with E-state index in [9.17, 15) is 9.18 Å². The van der Waals surface area contributed by atoms with Crippen LogP contribution in [0, 0.1) is 5.82 Å². The minimum Gasteiger partial charge on any atom is -0.294 e. The Hall–Kier alpha value is -2.05. The largest absolute Gasteiger partial charge is 0.294 e. The van der Waals surface area contributed by atoms with Crippen LogP contribution in [0.5, 0.6) is 0 Å². The molecule has 1 amide bonds. The van der Waals surface area contributed by atoms with Gasteiger partial charge in [0, 0.05) is 16.9 Å². The predicted molar refractivity (Wildman–Crippen MR) is 97.1 cm³/mol. The fraction of sp³-hybridized carbons (Fsp3) is 0.368. The van der Waals surface area contributed by atoms with Crippen LogP contribution in [0.3, 0.4) is 0 Å². The molecule has 6 heteroatoms. The molecular formula is C19H20FN3OS. The standard InChI is InChI=1S/C19H20FN3OS/c20-15-6-3-5-14(11-15)16-12-17(18-7-4-10-25-18)23(21-16)19(24)13-22-8-1-2-9-22/h3-7,10-11,17H,1-2,8-9,12-13H2/t17-/m1/s1. The molecule has 2 aromatic rings. The first-order valence-corrected chi connectivity index (χ1v) is 9.50. The number of nitrogens with zero attached hydrogens (tertiary/aromatic N) is 3. The van der Waals surface area contributed by atoms with E-state index in [0.717, 1.165) is 42.1 Å². The maximum absolute atomic E-state index is 13.6. The molecule has 1 aromatic carbocycles. The van der Waals surface area contributed by atoms with Gasteiger partial charge in [-0.3, -0.25) is 9.69 Å². The number of thiophene rings is 1. The third-order valence-corrected chi connectivity index (χ3v) is 5.73. The van der Waals surface area contributed by atoms with Crippen LogP contribution < -0.4 is 0 Å². The molecule has 2 aliphatic heterocycles. The van der Waals surface area contributed by atoms with Crippen molar-refractivity contribution in [1.29, 1.82) is 0 Å². The van der Waals surface area contributed by atoms with Gasteiger partial charge in [0.25, 0.3) is 5.91 Å². The zero-order valence-corrected chi connectivity index (χ0v) is 14.7. The second kappa shape index (κ2) is 7.06. The molecule has 4 rings (SSSR count). The number of rotatable bonds is 4. The van der Waals surface area contributed by atoms with Crippen LogP contribution in [0.25, 0.3) is 0 Å². The highest BCUT2D eigenvalue weighted by atomic mass is 32.1. The smallest absolute Gasteiger partial charge is 0.257 e. The highest BCUT2D eigenvalue weighted by molar-refractivity contribution is 7.10. The first-order chi connectivity index (χ1) is 12.2. The molecule has 0 spiro atoms. The predicted octanol–water partition coefficient (Wildman–Crippen LogP) is 3.66. The number of hydrazone groups is 1. The first kappa shape index (κ1) is 16.4. The summed E-state index contributed by atoms with van der Waals surface area (Å²) in [6, 6.07) is 10.4. The lowest BCUT2D eigenvalue weighted by molar-refractivity contribution is -0.133. The molecule has 1 saturated heterocycles. The zero-order chi connectivity index (χ0) is 17.2. The van der Waals surface area contributed by atoms with Gasteiger partial charge in [-0.1, -0.05) is 18.2 Å². The molecule has 3 heterocycles. The topological polar surface area (TPSA) is 35.9 Å². The summed E-state index contributed by atoms with van der Waals surface area (Å²) in [6.07, 6.45) is 2.93. The molecule has 2 aliphatic rings. The highest BCUT2D eigenvalue weighted by Crippen LogP contribution is 2.35. The fourth-order valence-corrected chi connectivity index (χ4v) is 4.30. The summed E-state index contributed by atoms with van der Waals surface area (Å²) in [4.78, 5) is 16.2. The van der Waals surface area contributed by atoms with Gasteiger partial charge < -0.3 is 0 Å². The molecule has 1 atom stereocenters. The number of likely N-dealkylation sites (tertiary alicyclic amines) is 1. The van der Waals surface area contributed by atoms with Crippen molar-refractivity contribution in [2.24, 2.45) is 5.10 Å². The third kappa shape index (κ3) is 3.50. The van der Waals surface area contributed by atoms with Crippen LogP contribution in [0.4, 0.5) is 4.39 Å². The van der Waals surface area contributed by atoms with E-state index >= 15 is 0 Å². The SMILES string of the molecule is O=C(CN1CCCC1)N1N=C(c2cccc(F)c2)C[C@@H]1c1cccs1. The summed E-state index contributed by atoms with van der Waals surface area (Å²) in [5.74, 6) is -0.263. The zero-order valence-electron chi connectivity index (χ0n) is 13.9. The van der Waals surface area contributed by atoms with Gasteiger partial charge in [0.05, 0.1) is 18.3 Å². The van der Waals surface area contributed by atoms with Crippen LogP contribution in [-0.4, -0.2) is 41.2 Å². The molecule has 1 fully saturated rings. The van der Waals surface area contributed by atoms with Gasteiger partial charge in [-0.15, -0.1) is 11.3 Å². The minimum absolute atomic E-state index is 0.0201. The van der Waals surface area contributed by atoms with Crippen LogP contribution in [0.2, 0.25) is 0 Å². The van der Waals surface area contributed by atoms with Gasteiger partial charge in [-0.05, 0) is 49.5 Å². The molecule has 1 aromatic heterocycles. The molecule has 0 aliphatic carbocycles. The van der Waals surface area contributed by atoms with Crippen LogP contribution in [0.15, 0.2) is 46.9 Å². The van der Waals surface area contributed by atoms with Crippen molar-refractivity contribution in [2.75, 3.05) is 19.6 Å². The van der Waals surface area contributed by atoms with Crippen molar-refractivity contribution < 1.29 is 9.18 Å². The lowest BCUT2D eigenvalue weighted by Gasteiger charge is -2.23. The van der Waals surface area contributed by atoms with Crippen molar-refractivity contribution in [1.82, 2.24) is 9.91 Å². The molecule has 0 bridgehead atoms. The van der Waals surface area contributed by atoms with Gasteiger partial charge in [0.2, 0.25) is 0 Å². The van der Waals surface area contributed by atoms with Crippen molar-refractivity contribution >= 4 is 23.0 Å². The van der Waals surface area contributed by atoms with Crippen molar-refractivity contribution in [3.8, 4) is 0 Å². The lowest BCUT2D eigenvalue weighted by atomic mass is 10.0. The highest BCUT2D eigenvalue weighted by Gasteiger charge is 2.34. The number of amides is 1. The average Bonchev–Trinajstić information content (AvgIpc) is 3.35. The Labute approximate surface area is 150 Å². The lowest BCUT2D eigenvalue weighted by Crippen LogP contribution is -2.36. The molecule has 130 valence electrons. The number of carbonyl (C=O) groups excluding carboxylic acids is 1. The Morgan fingerprint density at radius 2 is 2.08 bits per heavy atom. The Morgan fingerprint density at radius 3 is 2.80 bits per heavy atom. The monoisotopic (exact) mass is 357 g/mol. The summed E-state index contributed by atoms with van der Waals surface area (Å²) in [5.41, 5.74) is 1.52. The van der Waals surface area contributed by atoms with Crippen LogP contribution in [0.1, 0.15) is 35.7 Å². The summed E-state index contributed by atoms with van der Waals surface area (Å²) in [6.45, 7) is 2.36. The van der Waals surface area contributed by atoms with Gasteiger partial charge in [0.15, 0.2) is 0 Å². The van der Waals surface area contributed by atoms with E-state index in [1.807, 2.05) is 23.6 Å². The third-order valence-electron chi connectivity index (χ3n) is 4.75. The average molecular weight is 357 g/mol. The van der Waals surface area contributed by atoms with Gasteiger partial charge in [0.1, 0.15) is 5.82 Å². The van der Waals surface area contributed by atoms with Crippen molar-refractivity contribution in [3.63, 3.8) is 0 Å². The van der Waals surface area contributed by atoms with Gasteiger partial charge >= 0.3 is 0 Å². The molecule has 0 unspecified atom stereocenters. The van der Waals surface area contributed by atoms with E-state index < -0.39 is 0 Å². The summed E-state index contributed by atoms with van der Waals surface area (Å²) < 4.78 is 13.6. The second-order valence-corrected chi connectivity index (χ2v) is 7.49. The number of carbonyl (C=O) groups is 1. The van der Waals surface area contributed by atoms with E-state index in [0.29, 0.717) is 13.0 Å². The van der Waals surface area contributed by atoms with E-state index in [1.54, 1.807) is 22.4 Å². The Balaban J connectivity index is 1.60. The summed E-state index contributed by atoms with van der Waals surface area (Å²) >= 11 is 1.63. The number of benzene rings is 1. The van der Waals surface area contributed by atoms with Crippen LogP contribution in [-0.2, 0) is 4.79 Å². The number of hydrogen-bond donors (Lipinski definition) is 0. The maximum Gasteiger partial charge on any atom is 0.257 e. The molecule has 4 nitrogen and oxygen atoms in total. The first-order valence-electron chi connectivity index (χ1n) is 8.62. The molecule has 0 saturated carbocycles.